The number of nitrogens with one attached hydrogen (secondary N) is 1. The Morgan fingerprint density at radius 1 is 1.28 bits per heavy atom. The predicted octanol–water partition coefficient (Wildman–Crippen LogP) is 0.412. The van der Waals surface area contributed by atoms with E-state index in [1.165, 1.54) is 6.33 Å². The monoisotopic (exact) mass is 494 g/mol. The topological polar surface area (TPSA) is 198 Å². The highest BCUT2D eigenvalue weighted by Crippen LogP contribution is 2.36. The predicted molar refractivity (Wildman–Crippen MR) is 119 cm³/mol. The lowest BCUT2D eigenvalue weighted by atomic mass is 10.2. The molecule has 2 aromatic rings. The van der Waals surface area contributed by atoms with Crippen LogP contribution in [0.4, 0.5) is 5.95 Å². The van der Waals surface area contributed by atoms with Crippen molar-refractivity contribution in [3.8, 4) is 0 Å². The van der Waals surface area contributed by atoms with Crippen LogP contribution in [-0.2, 0) is 13.8 Å². The fraction of sp³-hybridized carbons (Fsp3) is 0.706. The Morgan fingerprint density at radius 2 is 2.00 bits per heavy atom. The van der Waals surface area contributed by atoms with Crippen molar-refractivity contribution in [1.29, 1.82) is 0 Å². The number of unbranched alkanes of at least 4 members (excludes halogenated alkanes) is 3. The highest BCUT2D eigenvalue weighted by Gasteiger charge is 2.27. The van der Waals surface area contributed by atoms with Crippen molar-refractivity contribution in [2.75, 3.05) is 31.6 Å². The summed E-state index contributed by atoms with van der Waals surface area (Å²) in [5.74, 6) is 0.368. The van der Waals surface area contributed by atoms with Gasteiger partial charge in [0.2, 0.25) is 5.95 Å². The minimum absolute atomic E-state index is 0.364. The molecule has 0 aromatic carbocycles. The molecule has 32 heavy (non-hydrogen) atoms. The third-order valence-electron chi connectivity index (χ3n) is 4.60. The van der Waals surface area contributed by atoms with E-state index in [1.54, 1.807) is 11.5 Å². The van der Waals surface area contributed by atoms with E-state index in [9.17, 15) is 14.8 Å². The van der Waals surface area contributed by atoms with Crippen LogP contribution in [-0.4, -0.2) is 78.0 Å². The van der Waals surface area contributed by atoms with E-state index in [0.717, 1.165) is 25.7 Å². The summed E-state index contributed by atoms with van der Waals surface area (Å²) in [5, 5.41) is 22.7. The summed E-state index contributed by atoms with van der Waals surface area (Å²) in [6, 6.07) is 0. The van der Waals surface area contributed by atoms with Gasteiger partial charge in [-0.2, -0.15) is 4.98 Å². The van der Waals surface area contributed by atoms with Gasteiger partial charge >= 0.3 is 7.82 Å². The molecule has 0 spiro atoms. The molecule has 3 atom stereocenters. The van der Waals surface area contributed by atoms with Crippen molar-refractivity contribution in [3.63, 3.8) is 0 Å². The molecule has 0 radical (unpaired) electrons. The van der Waals surface area contributed by atoms with E-state index in [0.29, 0.717) is 35.2 Å². The number of thiol groups is 1. The molecule has 0 saturated heterocycles. The molecule has 0 aliphatic rings. The molecule has 7 N–H and O–H groups in total. The first-order valence-electron chi connectivity index (χ1n) is 10.2. The molecule has 0 saturated carbocycles. The molecule has 0 aliphatic heterocycles. The van der Waals surface area contributed by atoms with Crippen LogP contribution in [0, 0.1) is 0 Å². The minimum Gasteiger partial charge on any atom is -0.394 e. The van der Waals surface area contributed by atoms with Crippen LogP contribution < -0.4 is 11.1 Å². The summed E-state index contributed by atoms with van der Waals surface area (Å²) >= 11 is 4.37. The van der Waals surface area contributed by atoms with Gasteiger partial charge in [0.05, 0.1) is 19.5 Å². The van der Waals surface area contributed by atoms with Crippen molar-refractivity contribution >= 4 is 37.6 Å². The Morgan fingerprint density at radius 3 is 2.66 bits per heavy atom. The molecule has 2 heterocycles. The van der Waals surface area contributed by atoms with Gasteiger partial charge in [0, 0.05) is 6.54 Å². The van der Waals surface area contributed by atoms with E-state index >= 15 is 0 Å². The molecule has 0 bridgehead atoms. The summed E-state index contributed by atoms with van der Waals surface area (Å²) in [7, 11) is -4.78. The summed E-state index contributed by atoms with van der Waals surface area (Å²) < 4.78 is 22.7. The van der Waals surface area contributed by atoms with Crippen LogP contribution in [0.15, 0.2) is 11.4 Å². The number of imidazole rings is 1. The van der Waals surface area contributed by atoms with Gasteiger partial charge in [-0.15, -0.1) is 12.6 Å². The summed E-state index contributed by atoms with van der Waals surface area (Å²) in [4.78, 5) is 30.8. The maximum atomic E-state index is 11.0. The number of phosphoric acid groups is 1. The Kier molecular flexibility index (Phi) is 10.7. The first-order valence-corrected chi connectivity index (χ1v) is 12.2. The number of aliphatic hydroxyl groups is 2. The number of anilines is 1. The number of hydrogen-bond acceptors (Lipinski definition) is 11. The first-order chi connectivity index (χ1) is 15.2. The molecular weight excluding hydrogens is 463 g/mol. The Labute approximate surface area is 191 Å². The van der Waals surface area contributed by atoms with Crippen molar-refractivity contribution < 1.29 is 33.8 Å². The highest BCUT2D eigenvalue weighted by molar-refractivity contribution is 7.80. The molecule has 15 heteroatoms. The number of aromatic nitrogens is 4. The maximum absolute atomic E-state index is 11.0. The number of nitrogens with zero attached hydrogens (tertiary/aromatic N) is 4. The number of rotatable bonds is 15. The molecule has 13 nitrogen and oxygen atoms in total. The standard InChI is InChI=1S/C17H31N6O7PS/c1-11(30-13(12(25)8-24)9-29-31(26,27)28)23-10-20-14-15(23)21-17(22-16(14)32)19-7-5-3-2-4-6-18/h10-13,24-25H,2-9,18H2,1H3,(H2,26,27,28)(H2,19,21,22,32)/t11?,12-,13?/m1/s1. The lowest BCUT2D eigenvalue weighted by Gasteiger charge is -2.26. The highest BCUT2D eigenvalue weighted by atomic mass is 32.1. The zero-order valence-corrected chi connectivity index (χ0v) is 19.5. The second-order valence-corrected chi connectivity index (χ2v) is 8.80. The number of ether oxygens (including phenoxy) is 1. The Hall–Kier alpha value is -1.35. The molecule has 182 valence electrons. The van der Waals surface area contributed by atoms with Crippen LogP contribution in [0.25, 0.3) is 11.2 Å². The van der Waals surface area contributed by atoms with Crippen LogP contribution in [0.3, 0.4) is 0 Å². The number of hydrogen-bond donors (Lipinski definition) is 7. The Balaban J connectivity index is 2.12. The van der Waals surface area contributed by atoms with Crippen molar-refractivity contribution in [2.45, 2.75) is 56.1 Å². The zero-order chi connectivity index (χ0) is 23.7. The average Bonchev–Trinajstić information content (AvgIpc) is 3.17. The van der Waals surface area contributed by atoms with Gasteiger partial charge in [-0.25, -0.2) is 14.5 Å². The smallest absolute Gasteiger partial charge is 0.394 e. The third-order valence-corrected chi connectivity index (χ3v) is 5.40. The van der Waals surface area contributed by atoms with Gasteiger partial charge in [0.1, 0.15) is 29.0 Å². The molecular formula is C17H31N6O7PS. The largest absolute Gasteiger partial charge is 0.469 e. The van der Waals surface area contributed by atoms with E-state index < -0.39 is 39.5 Å². The van der Waals surface area contributed by atoms with Crippen LogP contribution in [0.5, 0.6) is 0 Å². The average molecular weight is 495 g/mol. The summed E-state index contributed by atoms with van der Waals surface area (Å²) in [6.07, 6.45) is 2.05. The molecule has 2 unspecified atom stereocenters. The van der Waals surface area contributed by atoms with Gasteiger partial charge in [-0.3, -0.25) is 9.09 Å². The van der Waals surface area contributed by atoms with E-state index in [1.807, 2.05) is 0 Å². The van der Waals surface area contributed by atoms with Gasteiger partial charge in [-0.1, -0.05) is 12.8 Å². The molecule has 2 aromatic heterocycles. The SMILES string of the molecule is CC(OC(COP(=O)(O)O)[C@H](O)CO)n1cnc2c(S)nc(NCCCCCCN)nc21. The second kappa shape index (κ2) is 12.8. The van der Waals surface area contributed by atoms with Gasteiger partial charge in [-0.05, 0) is 26.3 Å². The number of fused-ring (bicyclic) bond motifs is 1. The van der Waals surface area contributed by atoms with Gasteiger partial charge in [0.25, 0.3) is 0 Å². The first kappa shape index (κ1) is 26.9. The van der Waals surface area contributed by atoms with Crippen molar-refractivity contribution in [3.05, 3.63) is 6.33 Å². The van der Waals surface area contributed by atoms with Crippen molar-refractivity contribution in [2.24, 2.45) is 5.73 Å². The normalized spacial score (nSPS) is 15.1. The molecule has 2 rings (SSSR count). The quantitative estimate of drug-likeness (QED) is 0.0780. The number of aliphatic hydroxyl groups excluding tert-OH is 2. The van der Waals surface area contributed by atoms with Crippen LogP contribution in [0.2, 0.25) is 0 Å². The minimum atomic E-state index is -4.78. The van der Waals surface area contributed by atoms with Gasteiger partial charge in [0.15, 0.2) is 5.65 Å². The third kappa shape index (κ3) is 8.21. The van der Waals surface area contributed by atoms with Crippen molar-refractivity contribution in [1.82, 2.24) is 19.5 Å². The summed E-state index contributed by atoms with van der Waals surface area (Å²) in [5.41, 5.74) is 6.34. The van der Waals surface area contributed by atoms with Crippen LogP contribution in [0.1, 0.15) is 38.8 Å². The van der Waals surface area contributed by atoms with E-state index in [2.05, 4.69) is 37.4 Å². The number of nitrogens with two attached hydrogens (primary N) is 1. The molecule has 0 amide bonds. The zero-order valence-electron chi connectivity index (χ0n) is 17.7. The second-order valence-electron chi connectivity index (χ2n) is 7.13. The molecule has 0 fully saturated rings. The fourth-order valence-electron chi connectivity index (χ4n) is 2.92. The van der Waals surface area contributed by atoms with Gasteiger partial charge < -0.3 is 35.8 Å². The lowest BCUT2D eigenvalue weighted by molar-refractivity contribution is -0.124. The fourth-order valence-corrected chi connectivity index (χ4v) is 3.51. The van der Waals surface area contributed by atoms with E-state index in [4.69, 9.17) is 20.3 Å². The number of phosphoric ester groups is 1. The summed E-state index contributed by atoms with van der Waals surface area (Å²) in [6.45, 7) is 1.66. The van der Waals surface area contributed by atoms with Crippen LogP contribution >= 0.6 is 20.5 Å². The Bertz CT molecular complexity index is 898. The van der Waals surface area contributed by atoms with E-state index in [-0.39, 0.29) is 0 Å². The maximum Gasteiger partial charge on any atom is 0.469 e. The lowest BCUT2D eigenvalue weighted by Crippen LogP contribution is -2.37. The molecule has 0 aliphatic carbocycles.